The lowest BCUT2D eigenvalue weighted by molar-refractivity contribution is -0.119. The van der Waals surface area contributed by atoms with Gasteiger partial charge in [0.1, 0.15) is 17.6 Å². The summed E-state index contributed by atoms with van der Waals surface area (Å²) in [5.74, 6) is 1.58. The van der Waals surface area contributed by atoms with Crippen LogP contribution >= 0.6 is 11.6 Å². The van der Waals surface area contributed by atoms with Gasteiger partial charge < -0.3 is 15.4 Å². The van der Waals surface area contributed by atoms with E-state index in [2.05, 4.69) is 10.6 Å². The highest BCUT2D eigenvalue weighted by Gasteiger charge is 2.34. The predicted octanol–water partition coefficient (Wildman–Crippen LogP) is 3.22. The summed E-state index contributed by atoms with van der Waals surface area (Å²) in [6, 6.07) is 5.81. The number of halogens is 1. The molecule has 2 atom stereocenters. The topological polar surface area (TPSA) is 50.4 Å². The first kappa shape index (κ1) is 19.2. The molecule has 0 aliphatic heterocycles. The Balaban J connectivity index is 1.90. The third kappa shape index (κ3) is 6.08. The molecule has 4 nitrogen and oxygen atoms in total. The van der Waals surface area contributed by atoms with Crippen molar-refractivity contribution in [1.29, 1.82) is 0 Å². The minimum Gasteiger partial charge on any atom is -0.489 e. The third-order valence-electron chi connectivity index (χ3n) is 4.39. The highest BCUT2D eigenvalue weighted by molar-refractivity contribution is 6.30. The molecule has 0 saturated heterocycles. The first-order chi connectivity index (χ1) is 11.5. The molecule has 24 heavy (non-hydrogen) atoms. The van der Waals surface area contributed by atoms with Gasteiger partial charge in [0.25, 0.3) is 0 Å². The highest BCUT2D eigenvalue weighted by atomic mass is 35.5. The van der Waals surface area contributed by atoms with Gasteiger partial charge in [-0.3, -0.25) is 4.79 Å². The van der Waals surface area contributed by atoms with Crippen molar-refractivity contribution in [3.05, 3.63) is 28.8 Å². The van der Waals surface area contributed by atoms with Crippen LogP contribution in [0.15, 0.2) is 18.2 Å². The normalized spacial score (nSPS) is 16.7. The SMILES string of the molecule is CNCCCc1ccc(Cl)cc1O[C@H](C)CN[C@H](C(C)=O)C1CC1. The van der Waals surface area contributed by atoms with E-state index in [0.717, 1.165) is 38.0 Å². The van der Waals surface area contributed by atoms with Gasteiger partial charge in [-0.1, -0.05) is 17.7 Å². The van der Waals surface area contributed by atoms with Crippen molar-refractivity contribution in [3.8, 4) is 5.75 Å². The molecule has 0 amide bonds. The summed E-state index contributed by atoms with van der Waals surface area (Å²) in [4.78, 5) is 11.7. The maximum Gasteiger partial charge on any atom is 0.146 e. The number of benzene rings is 1. The van der Waals surface area contributed by atoms with Crippen molar-refractivity contribution >= 4 is 17.4 Å². The molecule has 1 saturated carbocycles. The average molecular weight is 353 g/mol. The van der Waals surface area contributed by atoms with E-state index < -0.39 is 0 Å². The van der Waals surface area contributed by atoms with Crippen LogP contribution in [0.3, 0.4) is 0 Å². The van der Waals surface area contributed by atoms with Crippen LogP contribution < -0.4 is 15.4 Å². The lowest BCUT2D eigenvalue weighted by Gasteiger charge is -2.21. The van der Waals surface area contributed by atoms with Crippen molar-refractivity contribution in [2.24, 2.45) is 5.92 Å². The molecule has 0 aromatic heterocycles. The van der Waals surface area contributed by atoms with E-state index in [1.54, 1.807) is 6.92 Å². The predicted molar refractivity (Wildman–Crippen MR) is 99.0 cm³/mol. The van der Waals surface area contributed by atoms with Crippen LogP contribution in [0.25, 0.3) is 0 Å². The zero-order chi connectivity index (χ0) is 17.5. The van der Waals surface area contributed by atoms with Gasteiger partial charge in [-0.25, -0.2) is 0 Å². The van der Waals surface area contributed by atoms with Crippen LogP contribution in [0.5, 0.6) is 5.75 Å². The minimum absolute atomic E-state index is 0.0212. The largest absolute Gasteiger partial charge is 0.489 e. The molecule has 5 heteroatoms. The fraction of sp³-hybridized carbons (Fsp3) is 0.632. The molecule has 0 unspecified atom stereocenters. The Bertz CT molecular complexity index is 546. The summed E-state index contributed by atoms with van der Waals surface area (Å²) >= 11 is 6.13. The maximum atomic E-state index is 11.7. The number of hydrogen-bond donors (Lipinski definition) is 2. The van der Waals surface area contributed by atoms with Gasteiger partial charge in [0.15, 0.2) is 0 Å². The second kappa shape index (κ2) is 9.40. The Morgan fingerprint density at radius 2 is 2.17 bits per heavy atom. The van der Waals surface area contributed by atoms with Gasteiger partial charge in [0, 0.05) is 11.6 Å². The molecule has 1 aliphatic rings. The van der Waals surface area contributed by atoms with Crippen molar-refractivity contribution in [1.82, 2.24) is 10.6 Å². The van der Waals surface area contributed by atoms with Crippen LogP contribution in [0, 0.1) is 5.92 Å². The van der Waals surface area contributed by atoms with E-state index in [-0.39, 0.29) is 17.9 Å². The smallest absolute Gasteiger partial charge is 0.146 e. The van der Waals surface area contributed by atoms with Gasteiger partial charge >= 0.3 is 0 Å². The minimum atomic E-state index is -0.0227. The van der Waals surface area contributed by atoms with Gasteiger partial charge in [-0.05, 0) is 76.7 Å². The molecule has 0 heterocycles. The standard InChI is InChI=1S/C19H29ClN2O2/c1-13(12-22-19(14(2)23)16-6-7-16)24-18-11-17(20)9-8-15(18)5-4-10-21-3/h8-9,11,13,16,19,21-22H,4-7,10,12H2,1-3H3/t13-,19-/m1/s1. The van der Waals surface area contributed by atoms with Crippen molar-refractivity contribution in [2.75, 3.05) is 20.1 Å². The molecule has 0 spiro atoms. The van der Waals surface area contributed by atoms with Gasteiger partial charge in [-0.15, -0.1) is 0 Å². The van der Waals surface area contributed by atoms with Crippen LogP contribution in [0.4, 0.5) is 0 Å². The van der Waals surface area contributed by atoms with E-state index in [1.165, 1.54) is 5.56 Å². The number of aryl methyl sites for hydroxylation is 1. The molecule has 134 valence electrons. The van der Waals surface area contributed by atoms with Crippen molar-refractivity contribution < 1.29 is 9.53 Å². The second-order valence-electron chi connectivity index (χ2n) is 6.72. The molecule has 2 N–H and O–H groups in total. The first-order valence-corrected chi connectivity index (χ1v) is 9.22. The molecular formula is C19H29ClN2O2. The van der Waals surface area contributed by atoms with Crippen LogP contribution in [-0.2, 0) is 11.2 Å². The molecule has 1 aliphatic carbocycles. The van der Waals surface area contributed by atoms with Crippen LogP contribution in [0.1, 0.15) is 38.7 Å². The molecule has 0 radical (unpaired) electrons. The molecule has 0 bridgehead atoms. The molecule has 1 aromatic carbocycles. The third-order valence-corrected chi connectivity index (χ3v) is 4.62. The lowest BCUT2D eigenvalue weighted by atomic mass is 10.1. The Kier molecular flexibility index (Phi) is 7.53. The maximum absolute atomic E-state index is 11.7. The number of carbonyl (C=O) groups excluding carboxylic acids is 1. The summed E-state index contributed by atoms with van der Waals surface area (Å²) in [5.41, 5.74) is 1.17. The number of ether oxygens (including phenoxy) is 1. The number of ketones is 1. The monoisotopic (exact) mass is 352 g/mol. The second-order valence-corrected chi connectivity index (χ2v) is 7.16. The zero-order valence-corrected chi connectivity index (χ0v) is 15.7. The quantitative estimate of drug-likeness (QED) is 0.600. The Morgan fingerprint density at radius 3 is 2.79 bits per heavy atom. The molecular weight excluding hydrogens is 324 g/mol. The fourth-order valence-electron chi connectivity index (χ4n) is 2.92. The lowest BCUT2D eigenvalue weighted by Crippen LogP contribution is -2.42. The highest BCUT2D eigenvalue weighted by Crippen LogP contribution is 2.33. The van der Waals surface area contributed by atoms with E-state index in [9.17, 15) is 4.79 Å². The van der Waals surface area contributed by atoms with E-state index in [1.807, 2.05) is 32.2 Å². The fourth-order valence-corrected chi connectivity index (χ4v) is 3.09. The Labute approximate surface area is 150 Å². The van der Waals surface area contributed by atoms with Gasteiger partial charge in [-0.2, -0.15) is 0 Å². The Morgan fingerprint density at radius 1 is 1.42 bits per heavy atom. The number of hydrogen-bond acceptors (Lipinski definition) is 4. The van der Waals surface area contributed by atoms with Gasteiger partial charge in [0.05, 0.1) is 6.04 Å². The zero-order valence-electron chi connectivity index (χ0n) is 14.9. The summed E-state index contributed by atoms with van der Waals surface area (Å²) in [5, 5.41) is 7.21. The summed E-state index contributed by atoms with van der Waals surface area (Å²) in [7, 11) is 1.96. The van der Waals surface area contributed by atoms with E-state index in [0.29, 0.717) is 17.5 Å². The Hall–Kier alpha value is -1.10. The van der Waals surface area contributed by atoms with Crippen LogP contribution in [-0.4, -0.2) is 38.1 Å². The van der Waals surface area contributed by atoms with Crippen molar-refractivity contribution in [2.45, 2.75) is 51.7 Å². The number of nitrogens with one attached hydrogen (secondary N) is 2. The summed E-state index contributed by atoms with van der Waals surface area (Å²) in [6.07, 6.45) is 4.28. The number of Topliss-reactive ketones (excluding diaryl/α,β-unsaturated/α-hetero) is 1. The molecule has 1 aromatic rings. The molecule has 1 fully saturated rings. The van der Waals surface area contributed by atoms with Gasteiger partial charge in [0.2, 0.25) is 0 Å². The first-order valence-electron chi connectivity index (χ1n) is 8.84. The number of rotatable bonds is 11. The average Bonchev–Trinajstić information content (AvgIpc) is 3.34. The van der Waals surface area contributed by atoms with Crippen LogP contribution in [0.2, 0.25) is 5.02 Å². The van der Waals surface area contributed by atoms with E-state index in [4.69, 9.17) is 16.3 Å². The summed E-state index contributed by atoms with van der Waals surface area (Å²) < 4.78 is 6.11. The number of carbonyl (C=O) groups is 1. The summed E-state index contributed by atoms with van der Waals surface area (Å²) in [6.45, 7) is 5.32. The van der Waals surface area contributed by atoms with Crippen molar-refractivity contribution in [3.63, 3.8) is 0 Å². The van der Waals surface area contributed by atoms with E-state index >= 15 is 0 Å². The molecule has 2 rings (SSSR count).